The molecule has 1 aliphatic heterocycles. The zero-order valence-electron chi connectivity index (χ0n) is 11.9. The quantitative estimate of drug-likeness (QED) is 0.920. The summed E-state index contributed by atoms with van der Waals surface area (Å²) in [5.41, 5.74) is 2.47. The Morgan fingerprint density at radius 2 is 2.05 bits per heavy atom. The second-order valence-electron chi connectivity index (χ2n) is 5.84. The molecule has 0 bridgehead atoms. The van der Waals surface area contributed by atoms with Crippen LogP contribution >= 0.6 is 15.9 Å². The van der Waals surface area contributed by atoms with Crippen molar-refractivity contribution < 1.29 is 14.7 Å². The number of halogens is 1. The summed E-state index contributed by atoms with van der Waals surface area (Å²) in [6.07, 6.45) is 0.887. The summed E-state index contributed by atoms with van der Waals surface area (Å²) in [5.74, 6) is -0.807. The van der Waals surface area contributed by atoms with Crippen molar-refractivity contribution in [3.63, 3.8) is 0 Å². The van der Waals surface area contributed by atoms with Crippen molar-refractivity contribution in [3.05, 3.63) is 27.7 Å². The summed E-state index contributed by atoms with van der Waals surface area (Å²) < 4.78 is 0.910. The van der Waals surface area contributed by atoms with Gasteiger partial charge in [-0.2, -0.15) is 0 Å². The zero-order valence-corrected chi connectivity index (χ0v) is 13.5. The van der Waals surface area contributed by atoms with Gasteiger partial charge in [0.25, 0.3) is 0 Å². The molecule has 108 valence electrons. The molecular weight excluding hydrogens is 322 g/mol. The van der Waals surface area contributed by atoms with E-state index in [0.29, 0.717) is 6.54 Å². The molecule has 0 fully saturated rings. The van der Waals surface area contributed by atoms with Gasteiger partial charge in [0.15, 0.2) is 0 Å². The van der Waals surface area contributed by atoms with Gasteiger partial charge in [-0.3, -0.25) is 9.59 Å². The van der Waals surface area contributed by atoms with Gasteiger partial charge >= 0.3 is 5.97 Å². The molecular formula is C15H18BrNO3. The van der Waals surface area contributed by atoms with E-state index in [1.807, 2.05) is 26.0 Å². The van der Waals surface area contributed by atoms with Gasteiger partial charge < -0.3 is 10.0 Å². The lowest BCUT2D eigenvalue weighted by Gasteiger charge is -2.26. The highest BCUT2D eigenvalue weighted by Crippen LogP contribution is 2.39. The Morgan fingerprint density at radius 1 is 1.40 bits per heavy atom. The molecule has 0 aromatic heterocycles. The van der Waals surface area contributed by atoms with Gasteiger partial charge in [0.05, 0.1) is 6.42 Å². The largest absolute Gasteiger partial charge is 0.481 e. The summed E-state index contributed by atoms with van der Waals surface area (Å²) >= 11 is 3.54. The van der Waals surface area contributed by atoms with Crippen molar-refractivity contribution in [2.75, 3.05) is 11.4 Å². The fourth-order valence-electron chi connectivity index (χ4n) is 2.73. The molecule has 2 rings (SSSR count). The van der Waals surface area contributed by atoms with E-state index in [1.54, 1.807) is 11.8 Å². The summed E-state index contributed by atoms with van der Waals surface area (Å²) in [5, 5.41) is 9.06. The van der Waals surface area contributed by atoms with Crippen LogP contribution in [0, 0.1) is 0 Å². The van der Waals surface area contributed by atoms with Gasteiger partial charge in [0.2, 0.25) is 5.91 Å². The third kappa shape index (κ3) is 2.73. The normalized spacial score (nSPS) is 14.3. The number of rotatable bonds is 3. The van der Waals surface area contributed by atoms with Crippen LogP contribution in [0.15, 0.2) is 16.6 Å². The molecule has 20 heavy (non-hydrogen) atoms. The first-order valence-corrected chi connectivity index (χ1v) is 7.34. The number of hydrogen-bond acceptors (Lipinski definition) is 2. The van der Waals surface area contributed by atoms with Gasteiger partial charge in [0, 0.05) is 29.0 Å². The Bertz CT molecular complexity index is 581. The maximum atomic E-state index is 11.7. The number of anilines is 1. The maximum absolute atomic E-state index is 11.7. The van der Waals surface area contributed by atoms with E-state index < -0.39 is 11.4 Å². The van der Waals surface area contributed by atoms with E-state index in [-0.39, 0.29) is 12.3 Å². The lowest BCUT2D eigenvalue weighted by Crippen LogP contribution is -2.27. The maximum Gasteiger partial charge on any atom is 0.304 e. The summed E-state index contributed by atoms with van der Waals surface area (Å²) in [7, 11) is 0. The molecule has 1 N–H and O–H groups in total. The summed E-state index contributed by atoms with van der Waals surface area (Å²) in [6.45, 7) is 6.06. The fourth-order valence-corrected chi connectivity index (χ4v) is 3.65. The number of nitrogens with zero attached hydrogens (tertiary/aromatic N) is 1. The number of aliphatic carboxylic acids is 1. The monoisotopic (exact) mass is 339 g/mol. The van der Waals surface area contributed by atoms with Crippen LogP contribution in [-0.2, 0) is 21.4 Å². The van der Waals surface area contributed by atoms with Crippen molar-refractivity contribution >= 4 is 33.5 Å². The van der Waals surface area contributed by atoms with Crippen LogP contribution in [-0.4, -0.2) is 23.5 Å². The molecule has 0 unspecified atom stereocenters. The Labute approximate surface area is 126 Å². The highest BCUT2D eigenvalue weighted by molar-refractivity contribution is 9.10. The van der Waals surface area contributed by atoms with Crippen molar-refractivity contribution in [3.8, 4) is 0 Å². The molecule has 1 amide bonds. The highest BCUT2D eigenvalue weighted by atomic mass is 79.9. The Hall–Kier alpha value is -1.36. The first-order valence-electron chi connectivity index (χ1n) is 6.55. The molecule has 0 radical (unpaired) electrons. The minimum atomic E-state index is -0.828. The molecule has 1 heterocycles. The average molecular weight is 340 g/mol. The summed E-state index contributed by atoms with van der Waals surface area (Å²) in [4.78, 5) is 24.4. The Balaban J connectivity index is 2.49. The number of amides is 1. The SMILES string of the molecule is CC(=O)N1CCc2cc(Br)c(C(C)(C)CC(=O)O)cc21. The zero-order chi connectivity index (χ0) is 15.1. The first kappa shape index (κ1) is 15.0. The van der Waals surface area contributed by atoms with E-state index >= 15 is 0 Å². The molecule has 5 heteroatoms. The van der Waals surface area contributed by atoms with Gasteiger partial charge in [-0.25, -0.2) is 0 Å². The van der Waals surface area contributed by atoms with E-state index in [4.69, 9.17) is 5.11 Å². The van der Waals surface area contributed by atoms with E-state index in [9.17, 15) is 9.59 Å². The molecule has 0 spiro atoms. The second kappa shape index (κ2) is 5.20. The molecule has 1 aliphatic rings. The highest BCUT2D eigenvalue weighted by Gasteiger charge is 2.30. The van der Waals surface area contributed by atoms with Gasteiger partial charge in [0.1, 0.15) is 0 Å². The van der Waals surface area contributed by atoms with Crippen molar-refractivity contribution in [1.82, 2.24) is 0 Å². The predicted octanol–water partition coefficient (Wildman–Crippen LogP) is 3.11. The first-order chi connectivity index (χ1) is 9.22. The number of hydrogen-bond donors (Lipinski definition) is 1. The lowest BCUT2D eigenvalue weighted by atomic mass is 9.81. The van der Waals surface area contributed by atoms with Crippen LogP contribution < -0.4 is 4.90 Å². The van der Waals surface area contributed by atoms with Gasteiger partial charge in [-0.1, -0.05) is 29.8 Å². The number of carboxylic acids is 1. The number of carbonyl (C=O) groups is 2. The minimum absolute atomic E-state index is 0.0214. The average Bonchev–Trinajstić information content (AvgIpc) is 2.68. The number of benzene rings is 1. The number of carboxylic acid groups (broad SMARTS) is 1. The third-order valence-electron chi connectivity index (χ3n) is 3.77. The van der Waals surface area contributed by atoms with Crippen LogP contribution in [0.1, 0.15) is 38.3 Å². The Kier molecular flexibility index (Phi) is 3.91. The molecule has 0 saturated heterocycles. The van der Waals surface area contributed by atoms with Gasteiger partial charge in [-0.15, -0.1) is 0 Å². The number of carbonyl (C=O) groups excluding carboxylic acids is 1. The van der Waals surface area contributed by atoms with Crippen LogP contribution in [0.2, 0.25) is 0 Å². The predicted molar refractivity (Wildman–Crippen MR) is 81.2 cm³/mol. The standard InChI is InChI=1S/C15H18BrNO3/c1-9(18)17-5-4-10-6-12(16)11(7-13(10)17)15(2,3)8-14(19)20/h6-7H,4-5,8H2,1-3H3,(H,19,20). The van der Waals surface area contributed by atoms with Gasteiger partial charge in [-0.05, 0) is 29.7 Å². The lowest BCUT2D eigenvalue weighted by molar-refractivity contribution is -0.138. The molecule has 4 nitrogen and oxygen atoms in total. The molecule has 0 atom stereocenters. The topological polar surface area (TPSA) is 57.6 Å². The molecule has 1 aromatic rings. The van der Waals surface area contributed by atoms with E-state index in [1.165, 1.54) is 0 Å². The van der Waals surface area contributed by atoms with Crippen molar-refractivity contribution in [1.29, 1.82) is 0 Å². The smallest absolute Gasteiger partial charge is 0.304 e. The van der Waals surface area contributed by atoms with Crippen molar-refractivity contribution in [2.24, 2.45) is 0 Å². The molecule has 0 aliphatic carbocycles. The Morgan fingerprint density at radius 3 is 2.60 bits per heavy atom. The second-order valence-corrected chi connectivity index (χ2v) is 6.69. The van der Waals surface area contributed by atoms with Crippen LogP contribution in [0.5, 0.6) is 0 Å². The molecule has 1 aromatic carbocycles. The van der Waals surface area contributed by atoms with Crippen LogP contribution in [0.3, 0.4) is 0 Å². The van der Waals surface area contributed by atoms with Crippen LogP contribution in [0.4, 0.5) is 5.69 Å². The summed E-state index contributed by atoms with van der Waals surface area (Å²) in [6, 6.07) is 3.97. The third-order valence-corrected chi connectivity index (χ3v) is 4.42. The van der Waals surface area contributed by atoms with E-state index in [0.717, 1.165) is 27.7 Å². The van der Waals surface area contributed by atoms with E-state index in [2.05, 4.69) is 15.9 Å². The number of fused-ring (bicyclic) bond motifs is 1. The minimum Gasteiger partial charge on any atom is -0.481 e. The van der Waals surface area contributed by atoms with Crippen molar-refractivity contribution in [2.45, 2.75) is 39.0 Å². The molecule has 0 saturated carbocycles. The fraction of sp³-hybridized carbons (Fsp3) is 0.467. The van der Waals surface area contributed by atoms with Crippen LogP contribution in [0.25, 0.3) is 0 Å².